The van der Waals surface area contributed by atoms with Gasteiger partial charge in [0, 0.05) is 29.5 Å². The van der Waals surface area contributed by atoms with Crippen molar-refractivity contribution >= 4 is 23.4 Å². The van der Waals surface area contributed by atoms with Crippen molar-refractivity contribution < 1.29 is 14.3 Å². The Bertz CT molecular complexity index is 832. The largest absolute Gasteiger partial charge is 0.449 e. The molecule has 30 heavy (non-hydrogen) atoms. The summed E-state index contributed by atoms with van der Waals surface area (Å²) in [6.07, 6.45) is -0.509. The minimum Gasteiger partial charge on any atom is -0.449 e. The summed E-state index contributed by atoms with van der Waals surface area (Å²) in [5, 5.41) is 5.54. The van der Waals surface area contributed by atoms with Gasteiger partial charge < -0.3 is 10.1 Å². The Hall–Kier alpha value is -2.86. The second kappa shape index (κ2) is 11.4. The Morgan fingerprint density at radius 1 is 0.967 bits per heavy atom. The highest BCUT2D eigenvalue weighted by atomic mass is 16.5. The lowest BCUT2D eigenvalue weighted by Gasteiger charge is -2.24. The van der Waals surface area contributed by atoms with Crippen molar-refractivity contribution in [1.29, 1.82) is 0 Å². The van der Waals surface area contributed by atoms with Gasteiger partial charge >= 0.3 is 6.09 Å². The van der Waals surface area contributed by atoms with Crippen LogP contribution in [0.2, 0.25) is 0 Å². The molecule has 2 rings (SSSR count). The average Bonchev–Trinajstić information content (AvgIpc) is 2.71. The van der Waals surface area contributed by atoms with Crippen molar-refractivity contribution in [3.05, 3.63) is 59.7 Å². The number of carbonyl (C=O) groups is 2. The number of nitrogens with one attached hydrogen (secondary N) is 2. The van der Waals surface area contributed by atoms with Crippen LogP contribution in [0.15, 0.2) is 48.5 Å². The van der Waals surface area contributed by atoms with E-state index in [1.807, 2.05) is 38.1 Å². The second-order valence-electron chi connectivity index (χ2n) is 8.01. The Labute approximate surface area is 179 Å². The first-order valence-corrected chi connectivity index (χ1v) is 10.5. The molecule has 0 fully saturated rings. The quantitative estimate of drug-likeness (QED) is 0.582. The first-order valence-electron chi connectivity index (χ1n) is 10.5. The van der Waals surface area contributed by atoms with Crippen molar-refractivity contribution in [1.82, 2.24) is 4.90 Å². The number of amides is 2. The topological polar surface area (TPSA) is 70.7 Å². The maximum atomic E-state index is 12.6. The molecule has 6 nitrogen and oxygen atoms in total. The molecule has 0 saturated heterocycles. The van der Waals surface area contributed by atoms with Crippen LogP contribution < -0.4 is 10.6 Å². The highest BCUT2D eigenvalue weighted by molar-refractivity contribution is 6.04. The molecule has 0 aliphatic carbocycles. The highest BCUT2D eigenvalue weighted by Crippen LogP contribution is 2.17. The third kappa shape index (κ3) is 7.52. The van der Waals surface area contributed by atoms with E-state index in [0.29, 0.717) is 29.6 Å². The van der Waals surface area contributed by atoms with Crippen molar-refractivity contribution in [2.24, 2.45) is 5.92 Å². The number of hydrogen-bond acceptors (Lipinski definition) is 4. The fraction of sp³-hybridized carbons (Fsp3) is 0.417. The van der Waals surface area contributed by atoms with Crippen LogP contribution in [-0.2, 0) is 11.3 Å². The van der Waals surface area contributed by atoms with Crippen LogP contribution in [0.4, 0.5) is 16.2 Å². The lowest BCUT2D eigenvalue weighted by atomic mass is 10.1. The highest BCUT2D eigenvalue weighted by Gasteiger charge is 2.11. The van der Waals surface area contributed by atoms with Crippen molar-refractivity contribution in [2.75, 3.05) is 23.8 Å². The predicted octanol–water partition coefficient (Wildman–Crippen LogP) is 5.37. The molecule has 0 radical (unpaired) electrons. The van der Waals surface area contributed by atoms with Gasteiger partial charge in [-0.1, -0.05) is 39.0 Å². The van der Waals surface area contributed by atoms with Gasteiger partial charge in [-0.25, -0.2) is 4.79 Å². The molecular weight excluding hydrogens is 378 g/mol. The molecule has 0 aromatic heterocycles. The fourth-order valence-corrected chi connectivity index (χ4v) is 2.93. The van der Waals surface area contributed by atoms with Crippen LogP contribution in [-0.4, -0.2) is 36.1 Å². The zero-order valence-electron chi connectivity index (χ0n) is 18.6. The molecule has 162 valence electrons. The lowest BCUT2D eigenvalue weighted by molar-refractivity contribution is 0.102. The first-order chi connectivity index (χ1) is 14.3. The van der Waals surface area contributed by atoms with Crippen LogP contribution in [0.5, 0.6) is 0 Å². The summed E-state index contributed by atoms with van der Waals surface area (Å²) < 4.78 is 5.12. The van der Waals surface area contributed by atoms with Crippen LogP contribution in [0.25, 0.3) is 0 Å². The van der Waals surface area contributed by atoms with Gasteiger partial charge in [-0.2, -0.15) is 0 Å². The predicted molar refractivity (Wildman–Crippen MR) is 122 cm³/mol. The standard InChI is InChI=1S/C24H33N3O3/c1-6-27(18(4)5)15-19-10-12-20(13-11-19)23(28)25-21-8-7-9-22(14-21)26-24(29)30-16-17(2)3/h7-14,17-18H,6,15-16H2,1-5H3,(H,25,28)(H,26,29). The van der Waals surface area contributed by atoms with E-state index < -0.39 is 6.09 Å². The molecule has 2 amide bonds. The van der Waals surface area contributed by atoms with Gasteiger partial charge in [-0.3, -0.25) is 15.0 Å². The molecule has 2 N–H and O–H groups in total. The molecule has 0 unspecified atom stereocenters. The average molecular weight is 412 g/mol. The molecule has 2 aromatic rings. The second-order valence-corrected chi connectivity index (χ2v) is 8.01. The molecule has 0 bridgehead atoms. The Balaban J connectivity index is 1.96. The molecule has 2 aromatic carbocycles. The molecule has 0 atom stereocenters. The van der Waals surface area contributed by atoms with Gasteiger partial charge in [0.25, 0.3) is 5.91 Å². The number of nitrogens with zero attached hydrogens (tertiary/aromatic N) is 1. The molecule has 0 spiro atoms. The summed E-state index contributed by atoms with van der Waals surface area (Å²) in [6.45, 7) is 12.6. The maximum Gasteiger partial charge on any atom is 0.411 e. The van der Waals surface area contributed by atoms with Crippen LogP contribution in [0, 0.1) is 5.92 Å². The normalized spacial score (nSPS) is 11.1. The lowest BCUT2D eigenvalue weighted by Crippen LogP contribution is -2.29. The molecular formula is C24H33N3O3. The van der Waals surface area contributed by atoms with Gasteiger partial charge in [0.05, 0.1) is 6.61 Å². The number of carbonyl (C=O) groups excluding carboxylic acids is 2. The van der Waals surface area contributed by atoms with E-state index >= 15 is 0 Å². The van der Waals surface area contributed by atoms with E-state index in [-0.39, 0.29) is 11.8 Å². The van der Waals surface area contributed by atoms with Gasteiger partial charge in [-0.05, 0) is 62.2 Å². The van der Waals surface area contributed by atoms with E-state index in [1.165, 1.54) is 5.56 Å². The smallest absolute Gasteiger partial charge is 0.411 e. The molecule has 0 aliphatic heterocycles. The zero-order valence-corrected chi connectivity index (χ0v) is 18.6. The molecule has 0 saturated carbocycles. The third-order valence-corrected chi connectivity index (χ3v) is 4.65. The van der Waals surface area contributed by atoms with Crippen LogP contribution >= 0.6 is 0 Å². The Kier molecular flexibility index (Phi) is 8.87. The van der Waals surface area contributed by atoms with E-state index in [0.717, 1.165) is 13.1 Å². The van der Waals surface area contributed by atoms with Gasteiger partial charge in [0.15, 0.2) is 0 Å². The summed E-state index contributed by atoms with van der Waals surface area (Å²) in [5.41, 5.74) is 2.92. The summed E-state index contributed by atoms with van der Waals surface area (Å²) >= 11 is 0. The van der Waals surface area contributed by atoms with Gasteiger partial charge in [-0.15, -0.1) is 0 Å². The number of benzene rings is 2. The van der Waals surface area contributed by atoms with E-state index in [1.54, 1.807) is 24.3 Å². The Morgan fingerprint density at radius 2 is 1.60 bits per heavy atom. The van der Waals surface area contributed by atoms with Crippen LogP contribution in [0.1, 0.15) is 50.5 Å². The van der Waals surface area contributed by atoms with Crippen molar-refractivity contribution in [3.8, 4) is 0 Å². The summed E-state index contributed by atoms with van der Waals surface area (Å²) in [7, 11) is 0. The number of hydrogen-bond donors (Lipinski definition) is 2. The van der Waals surface area contributed by atoms with Crippen LogP contribution in [0.3, 0.4) is 0 Å². The molecule has 0 aliphatic rings. The minimum atomic E-state index is -0.509. The first kappa shape index (κ1) is 23.4. The monoisotopic (exact) mass is 411 g/mol. The van der Waals surface area contributed by atoms with E-state index in [4.69, 9.17) is 4.74 Å². The van der Waals surface area contributed by atoms with Crippen molar-refractivity contribution in [3.63, 3.8) is 0 Å². The molecule has 6 heteroatoms. The van der Waals surface area contributed by atoms with Gasteiger partial charge in [0.2, 0.25) is 0 Å². The minimum absolute atomic E-state index is 0.197. The van der Waals surface area contributed by atoms with E-state index in [9.17, 15) is 9.59 Å². The number of anilines is 2. The van der Waals surface area contributed by atoms with E-state index in [2.05, 4.69) is 36.3 Å². The number of rotatable bonds is 9. The van der Waals surface area contributed by atoms with Crippen molar-refractivity contribution in [2.45, 2.75) is 47.2 Å². The Morgan fingerprint density at radius 3 is 2.17 bits per heavy atom. The molecule has 0 heterocycles. The third-order valence-electron chi connectivity index (χ3n) is 4.65. The summed E-state index contributed by atoms with van der Waals surface area (Å²) in [4.78, 5) is 26.8. The maximum absolute atomic E-state index is 12.6. The zero-order chi connectivity index (χ0) is 22.1. The fourth-order valence-electron chi connectivity index (χ4n) is 2.93. The SMILES string of the molecule is CCN(Cc1ccc(C(=O)Nc2cccc(NC(=O)OCC(C)C)c2)cc1)C(C)C. The van der Waals surface area contributed by atoms with Gasteiger partial charge in [0.1, 0.15) is 0 Å². The number of ether oxygens (including phenoxy) is 1. The summed E-state index contributed by atoms with van der Waals surface area (Å²) in [6, 6.07) is 15.1. The summed E-state index contributed by atoms with van der Waals surface area (Å²) in [5.74, 6) is 0.0699.